The highest BCUT2D eigenvalue weighted by Gasteiger charge is 2.45. The van der Waals surface area contributed by atoms with E-state index < -0.39 is 17.7 Å². The van der Waals surface area contributed by atoms with E-state index in [1.165, 1.54) is 7.11 Å². The van der Waals surface area contributed by atoms with Gasteiger partial charge in [-0.25, -0.2) is 0 Å². The molecule has 5 nitrogen and oxygen atoms in total. The topological polar surface area (TPSA) is 66.8 Å². The van der Waals surface area contributed by atoms with Crippen molar-refractivity contribution < 1.29 is 19.4 Å². The van der Waals surface area contributed by atoms with Gasteiger partial charge in [0.05, 0.1) is 18.7 Å². The van der Waals surface area contributed by atoms with Gasteiger partial charge in [-0.3, -0.25) is 9.59 Å². The van der Waals surface area contributed by atoms with Gasteiger partial charge in [-0.15, -0.1) is 0 Å². The van der Waals surface area contributed by atoms with E-state index in [1.54, 1.807) is 29.2 Å². The molecule has 1 heterocycles. The number of nitrogens with zero attached hydrogens (tertiary/aromatic N) is 1. The van der Waals surface area contributed by atoms with E-state index >= 15 is 0 Å². The molecule has 3 aromatic carbocycles. The number of hydrogen-bond donors (Lipinski definition) is 1. The van der Waals surface area contributed by atoms with Gasteiger partial charge in [0.15, 0.2) is 0 Å². The Morgan fingerprint density at radius 3 is 2.32 bits per heavy atom. The third-order valence-corrected chi connectivity index (χ3v) is 6.29. The van der Waals surface area contributed by atoms with Crippen molar-refractivity contribution in [3.8, 4) is 5.75 Å². The fraction of sp³-hybridized carbons (Fsp3) is 0.241. The quantitative estimate of drug-likeness (QED) is 0.291. The predicted molar refractivity (Wildman–Crippen MR) is 133 cm³/mol. The molecular formula is C29H29NO4. The molecule has 0 saturated carbocycles. The molecule has 1 atom stereocenters. The molecule has 0 radical (unpaired) electrons. The van der Waals surface area contributed by atoms with E-state index in [0.29, 0.717) is 30.2 Å². The number of rotatable bonds is 7. The van der Waals surface area contributed by atoms with Crippen LogP contribution in [0.4, 0.5) is 0 Å². The van der Waals surface area contributed by atoms with Crippen LogP contribution in [0.2, 0.25) is 0 Å². The number of ketones is 1. The minimum absolute atomic E-state index is 0.101. The molecule has 3 aromatic rings. The van der Waals surface area contributed by atoms with Gasteiger partial charge >= 0.3 is 0 Å². The minimum Gasteiger partial charge on any atom is -0.507 e. The number of carbonyl (C=O) groups is 2. The standard InChI is InChI=1S/C29H29NO4/c1-19(2)21-12-14-22(15-13-21)26-25(27(31)23-10-7-11-24(18-23)34-3)28(32)29(33)30(26)17-16-20-8-5-4-6-9-20/h4-15,18-19,26,31H,16-17H2,1-3H3. The molecule has 1 N–H and O–H groups in total. The van der Waals surface area contributed by atoms with Crippen LogP contribution in [-0.2, 0) is 16.0 Å². The highest BCUT2D eigenvalue weighted by atomic mass is 16.5. The van der Waals surface area contributed by atoms with Crippen LogP contribution in [0, 0.1) is 0 Å². The Bertz CT molecular complexity index is 1210. The van der Waals surface area contributed by atoms with Gasteiger partial charge in [0, 0.05) is 12.1 Å². The van der Waals surface area contributed by atoms with Crippen molar-refractivity contribution in [1.82, 2.24) is 4.90 Å². The summed E-state index contributed by atoms with van der Waals surface area (Å²) in [6, 6.07) is 24.0. The average Bonchev–Trinajstić information content (AvgIpc) is 3.12. The number of likely N-dealkylation sites (tertiary alicyclic amines) is 1. The van der Waals surface area contributed by atoms with E-state index in [0.717, 1.165) is 16.7 Å². The van der Waals surface area contributed by atoms with Gasteiger partial charge in [-0.2, -0.15) is 0 Å². The summed E-state index contributed by atoms with van der Waals surface area (Å²) in [6.07, 6.45) is 0.605. The summed E-state index contributed by atoms with van der Waals surface area (Å²) < 4.78 is 5.28. The smallest absolute Gasteiger partial charge is 0.295 e. The average molecular weight is 456 g/mol. The molecule has 1 fully saturated rings. The number of aliphatic hydroxyl groups excluding tert-OH is 1. The number of methoxy groups -OCH3 is 1. The lowest BCUT2D eigenvalue weighted by Crippen LogP contribution is -2.31. The predicted octanol–water partition coefficient (Wildman–Crippen LogP) is 5.48. The molecule has 174 valence electrons. The first-order valence-electron chi connectivity index (χ1n) is 11.5. The first-order chi connectivity index (χ1) is 16.4. The molecule has 4 rings (SSSR count). The maximum Gasteiger partial charge on any atom is 0.295 e. The minimum atomic E-state index is -0.675. The lowest BCUT2D eigenvalue weighted by molar-refractivity contribution is -0.139. The van der Waals surface area contributed by atoms with E-state index in [4.69, 9.17) is 4.74 Å². The molecule has 1 saturated heterocycles. The van der Waals surface area contributed by atoms with E-state index in [1.807, 2.05) is 54.6 Å². The summed E-state index contributed by atoms with van der Waals surface area (Å²) in [5.74, 6) is -0.558. The van der Waals surface area contributed by atoms with Gasteiger partial charge in [0.25, 0.3) is 11.7 Å². The first kappa shape index (κ1) is 23.3. The maximum atomic E-state index is 13.2. The number of Topliss-reactive ketones (excluding diaryl/α,β-unsaturated/α-hetero) is 1. The highest BCUT2D eigenvalue weighted by Crippen LogP contribution is 2.40. The Labute approximate surface area is 200 Å². The summed E-state index contributed by atoms with van der Waals surface area (Å²) in [4.78, 5) is 28.0. The third-order valence-electron chi connectivity index (χ3n) is 6.29. The van der Waals surface area contributed by atoms with E-state index in [2.05, 4.69) is 13.8 Å². The Morgan fingerprint density at radius 1 is 0.971 bits per heavy atom. The van der Waals surface area contributed by atoms with Crippen LogP contribution in [-0.4, -0.2) is 35.4 Å². The fourth-order valence-corrected chi connectivity index (χ4v) is 4.34. The molecular weight excluding hydrogens is 426 g/mol. The fourth-order valence-electron chi connectivity index (χ4n) is 4.34. The summed E-state index contributed by atoms with van der Waals surface area (Å²) >= 11 is 0. The number of hydrogen-bond acceptors (Lipinski definition) is 4. The lowest BCUT2D eigenvalue weighted by Gasteiger charge is -2.26. The molecule has 1 aliphatic heterocycles. The van der Waals surface area contributed by atoms with Crippen molar-refractivity contribution in [2.45, 2.75) is 32.2 Å². The van der Waals surface area contributed by atoms with Gasteiger partial charge in [-0.05, 0) is 41.2 Å². The van der Waals surface area contributed by atoms with Crippen LogP contribution in [0.5, 0.6) is 5.75 Å². The lowest BCUT2D eigenvalue weighted by atomic mass is 9.93. The zero-order valence-corrected chi connectivity index (χ0v) is 19.7. The van der Waals surface area contributed by atoms with Crippen molar-refractivity contribution in [1.29, 1.82) is 0 Å². The molecule has 0 spiro atoms. The zero-order chi connectivity index (χ0) is 24.2. The molecule has 0 aromatic heterocycles. The molecule has 1 unspecified atom stereocenters. The van der Waals surface area contributed by atoms with Gasteiger partial charge < -0.3 is 14.7 Å². The second kappa shape index (κ2) is 9.96. The Balaban J connectivity index is 1.79. The van der Waals surface area contributed by atoms with Gasteiger partial charge in [0.1, 0.15) is 11.5 Å². The molecule has 0 bridgehead atoms. The second-order valence-corrected chi connectivity index (χ2v) is 8.78. The van der Waals surface area contributed by atoms with Crippen LogP contribution in [0.25, 0.3) is 5.76 Å². The number of benzene rings is 3. The van der Waals surface area contributed by atoms with E-state index in [-0.39, 0.29) is 11.3 Å². The Kier molecular flexibility index (Phi) is 6.82. The molecule has 1 aliphatic rings. The third kappa shape index (κ3) is 4.60. The van der Waals surface area contributed by atoms with Gasteiger partial charge in [-0.1, -0.05) is 80.6 Å². The second-order valence-electron chi connectivity index (χ2n) is 8.78. The summed E-state index contributed by atoms with van der Waals surface area (Å²) in [7, 11) is 1.54. The normalized spacial score (nSPS) is 17.4. The highest BCUT2D eigenvalue weighted by molar-refractivity contribution is 6.46. The van der Waals surface area contributed by atoms with Crippen LogP contribution in [0.15, 0.2) is 84.4 Å². The molecule has 0 aliphatic carbocycles. The summed E-state index contributed by atoms with van der Waals surface area (Å²) in [6.45, 7) is 4.59. The van der Waals surface area contributed by atoms with Gasteiger partial charge in [0.2, 0.25) is 0 Å². The summed E-state index contributed by atoms with van der Waals surface area (Å²) in [5.41, 5.74) is 3.57. The van der Waals surface area contributed by atoms with Crippen molar-refractivity contribution in [3.05, 3.63) is 107 Å². The van der Waals surface area contributed by atoms with Crippen molar-refractivity contribution in [3.63, 3.8) is 0 Å². The van der Waals surface area contributed by atoms with Crippen LogP contribution in [0.1, 0.15) is 48.1 Å². The number of ether oxygens (including phenoxy) is 1. The Hall–Kier alpha value is -3.86. The first-order valence-corrected chi connectivity index (χ1v) is 11.5. The largest absolute Gasteiger partial charge is 0.507 e. The number of aliphatic hydroxyl groups is 1. The molecule has 5 heteroatoms. The molecule has 1 amide bonds. The van der Waals surface area contributed by atoms with Crippen LogP contribution >= 0.6 is 0 Å². The summed E-state index contributed by atoms with van der Waals surface area (Å²) in [5, 5.41) is 11.2. The zero-order valence-electron chi connectivity index (χ0n) is 19.7. The van der Waals surface area contributed by atoms with E-state index in [9.17, 15) is 14.7 Å². The van der Waals surface area contributed by atoms with Crippen LogP contribution < -0.4 is 4.74 Å². The SMILES string of the molecule is COc1cccc(C(O)=C2C(=O)C(=O)N(CCc3ccccc3)C2c2ccc(C(C)C)cc2)c1. The van der Waals surface area contributed by atoms with Crippen LogP contribution in [0.3, 0.4) is 0 Å². The van der Waals surface area contributed by atoms with Crippen molar-refractivity contribution >= 4 is 17.4 Å². The number of amides is 1. The number of carbonyl (C=O) groups excluding carboxylic acids is 2. The Morgan fingerprint density at radius 2 is 1.68 bits per heavy atom. The van der Waals surface area contributed by atoms with Crippen molar-refractivity contribution in [2.75, 3.05) is 13.7 Å². The van der Waals surface area contributed by atoms with Crippen molar-refractivity contribution in [2.24, 2.45) is 0 Å². The molecule has 34 heavy (non-hydrogen) atoms. The maximum absolute atomic E-state index is 13.2. The monoisotopic (exact) mass is 455 g/mol.